The van der Waals surface area contributed by atoms with Gasteiger partial charge in [-0.2, -0.15) is 0 Å². The molecule has 0 radical (unpaired) electrons. The van der Waals surface area contributed by atoms with Crippen molar-refractivity contribution < 1.29 is 4.79 Å². The molecule has 29 heavy (non-hydrogen) atoms. The minimum Gasteiger partial charge on any atom is -0.353 e. The fourth-order valence-corrected chi connectivity index (χ4v) is 3.80. The van der Waals surface area contributed by atoms with Crippen molar-refractivity contribution >= 4 is 28.5 Å². The van der Waals surface area contributed by atoms with Gasteiger partial charge in [0.15, 0.2) is 0 Å². The molecule has 1 amide bonds. The largest absolute Gasteiger partial charge is 0.353 e. The maximum absolute atomic E-state index is 12.7. The smallest absolute Gasteiger partial charge is 0.269 e. The number of rotatable bonds is 8. The van der Waals surface area contributed by atoms with E-state index >= 15 is 0 Å². The Balaban J connectivity index is 1.79. The standard InChI is InChI=1S/C22H25ClN4O2/c1-3-26(4-2)20(16-9-5-6-10-17(16)23)13-25-21(28)15-27-19-12-8-7-11-18(19)24-14-22(27)29/h5-12,14,20H,3-4,13,15H2,1-2H3,(H,25,28). The monoisotopic (exact) mass is 412 g/mol. The number of amides is 1. The molecule has 1 N–H and O–H groups in total. The summed E-state index contributed by atoms with van der Waals surface area (Å²) in [6.07, 6.45) is 1.25. The van der Waals surface area contributed by atoms with Crippen LogP contribution in [0.3, 0.4) is 0 Å². The van der Waals surface area contributed by atoms with Gasteiger partial charge in [0.1, 0.15) is 6.54 Å². The van der Waals surface area contributed by atoms with E-state index in [0.717, 1.165) is 18.7 Å². The zero-order valence-electron chi connectivity index (χ0n) is 16.6. The second-order valence-electron chi connectivity index (χ2n) is 6.73. The van der Waals surface area contributed by atoms with E-state index in [-0.39, 0.29) is 24.1 Å². The van der Waals surface area contributed by atoms with Crippen LogP contribution in [0.25, 0.3) is 11.0 Å². The molecule has 3 aromatic rings. The molecule has 2 aromatic carbocycles. The van der Waals surface area contributed by atoms with Gasteiger partial charge in [-0.3, -0.25) is 19.1 Å². The number of aromatic nitrogens is 2. The second-order valence-corrected chi connectivity index (χ2v) is 7.14. The summed E-state index contributed by atoms with van der Waals surface area (Å²) < 4.78 is 1.44. The lowest BCUT2D eigenvalue weighted by Gasteiger charge is -2.31. The lowest BCUT2D eigenvalue weighted by atomic mass is 10.0. The number of nitrogens with one attached hydrogen (secondary N) is 1. The topological polar surface area (TPSA) is 67.2 Å². The van der Waals surface area contributed by atoms with Gasteiger partial charge in [-0.1, -0.05) is 55.8 Å². The Morgan fingerprint density at radius 2 is 1.83 bits per heavy atom. The van der Waals surface area contributed by atoms with E-state index in [9.17, 15) is 9.59 Å². The second kappa shape index (κ2) is 9.67. The van der Waals surface area contributed by atoms with Crippen LogP contribution in [0.1, 0.15) is 25.5 Å². The zero-order valence-corrected chi connectivity index (χ0v) is 17.4. The Morgan fingerprint density at radius 1 is 1.14 bits per heavy atom. The normalized spacial score (nSPS) is 12.3. The van der Waals surface area contributed by atoms with Crippen LogP contribution in [0, 0.1) is 0 Å². The predicted molar refractivity (Wildman–Crippen MR) is 116 cm³/mol. The van der Waals surface area contributed by atoms with E-state index in [0.29, 0.717) is 22.6 Å². The highest BCUT2D eigenvalue weighted by atomic mass is 35.5. The van der Waals surface area contributed by atoms with Crippen LogP contribution in [0.5, 0.6) is 0 Å². The van der Waals surface area contributed by atoms with E-state index in [1.165, 1.54) is 10.8 Å². The number of carbonyl (C=O) groups is 1. The van der Waals surface area contributed by atoms with E-state index in [2.05, 4.69) is 29.0 Å². The fourth-order valence-electron chi connectivity index (χ4n) is 3.53. The molecular weight excluding hydrogens is 388 g/mol. The third-order valence-electron chi connectivity index (χ3n) is 5.06. The lowest BCUT2D eigenvalue weighted by Crippen LogP contribution is -2.40. The third kappa shape index (κ3) is 4.83. The third-order valence-corrected chi connectivity index (χ3v) is 5.41. The first kappa shape index (κ1) is 21.0. The van der Waals surface area contributed by atoms with Crippen molar-refractivity contribution in [2.24, 2.45) is 0 Å². The maximum atomic E-state index is 12.7. The molecule has 152 valence electrons. The molecule has 1 atom stereocenters. The first-order valence-corrected chi connectivity index (χ1v) is 10.1. The van der Waals surface area contributed by atoms with Crippen LogP contribution in [0.2, 0.25) is 5.02 Å². The molecule has 3 rings (SSSR count). The van der Waals surface area contributed by atoms with E-state index < -0.39 is 0 Å². The fraction of sp³-hybridized carbons (Fsp3) is 0.318. The van der Waals surface area contributed by atoms with Crippen LogP contribution in [-0.2, 0) is 11.3 Å². The maximum Gasteiger partial charge on any atom is 0.269 e. The summed E-state index contributed by atoms with van der Waals surface area (Å²) in [6.45, 7) is 6.17. The van der Waals surface area contributed by atoms with Crippen molar-refractivity contribution in [3.05, 3.63) is 75.7 Å². The van der Waals surface area contributed by atoms with E-state index in [1.807, 2.05) is 42.5 Å². The van der Waals surface area contributed by atoms with Crippen molar-refractivity contribution in [2.45, 2.75) is 26.4 Å². The Bertz CT molecular complexity index is 1050. The van der Waals surface area contributed by atoms with E-state index in [1.54, 1.807) is 6.07 Å². The Morgan fingerprint density at radius 3 is 2.55 bits per heavy atom. The zero-order chi connectivity index (χ0) is 20.8. The molecule has 0 aliphatic carbocycles. The van der Waals surface area contributed by atoms with Gasteiger partial charge in [0.25, 0.3) is 5.56 Å². The van der Waals surface area contributed by atoms with Gasteiger partial charge in [-0.15, -0.1) is 0 Å². The molecule has 1 heterocycles. The summed E-state index contributed by atoms with van der Waals surface area (Å²) in [5.41, 5.74) is 1.99. The molecule has 0 aliphatic heterocycles. The Hall–Kier alpha value is -2.70. The minimum atomic E-state index is -0.301. The number of benzene rings is 2. The molecule has 7 heteroatoms. The highest BCUT2D eigenvalue weighted by molar-refractivity contribution is 6.31. The average Bonchev–Trinajstić information content (AvgIpc) is 2.74. The molecule has 1 unspecified atom stereocenters. The Labute approximate surface area is 175 Å². The molecule has 1 aromatic heterocycles. The number of nitrogens with zero attached hydrogens (tertiary/aromatic N) is 3. The van der Waals surface area contributed by atoms with Gasteiger partial charge in [0, 0.05) is 11.6 Å². The molecule has 0 spiro atoms. The lowest BCUT2D eigenvalue weighted by molar-refractivity contribution is -0.121. The molecule has 0 bridgehead atoms. The molecular formula is C22H25ClN4O2. The Kier molecular flexibility index (Phi) is 7.01. The number of hydrogen-bond acceptors (Lipinski definition) is 4. The number of carbonyl (C=O) groups excluding carboxylic acids is 1. The number of para-hydroxylation sites is 2. The average molecular weight is 413 g/mol. The number of likely N-dealkylation sites (N-methyl/N-ethyl adjacent to an activating group) is 1. The molecule has 0 saturated carbocycles. The van der Waals surface area contributed by atoms with Crippen molar-refractivity contribution in [3.63, 3.8) is 0 Å². The molecule has 0 fully saturated rings. The van der Waals surface area contributed by atoms with Gasteiger partial charge in [-0.05, 0) is 36.9 Å². The highest BCUT2D eigenvalue weighted by Crippen LogP contribution is 2.26. The van der Waals surface area contributed by atoms with Crippen LogP contribution < -0.4 is 10.9 Å². The quantitative estimate of drug-likeness (QED) is 0.616. The summed E-state index contributed by atoms with van der Waals surface area (Å²) in [5.74, 6) is -0.229. The van der Waals surface area contributed by atoms with Crippen LogP contribution in [0.15, 0.2) is 59.5 Å². The van der Waals surface area contributed by atoms with Crippen molar-refractivity contribution in [2.75, 3.05) is 19.6 Å². The van der Waals surface area contributed by atoms with Gasteiger partial charge < -0.3 is 5.32 Å². The first-order chi connectivity index (χ1) is 14.0. The highest BCUT2D eigenvalue weighted by Gasteiger charge is 2.21. The first-order valence-electron chi connectivity index (χ1n) is 9.74. The van der Waals surface area contributed by atoms with Gasteiger partial charge >= 0.3 is 0 Å². The molecule has 0 aliphatic rings. The minimum absolute atomic E-state index is 0.0476. The van der Waals surface area contributed by atoms with Crippen LogP contribution in [0.4, 0.5) is 0 Å². The summed E-state index contributed by atoms with van der Waals surface area (Å²) >= 11 is 6.42. The van der Waals surface area contributed by atoms with Gasteiger partial charge in [0.2, 0.25) is 5.91 Å². The predicted octanol–water partition coefficient (Wildman–Crippen LogP) is 3.25. The van der Waals surface area contributed by atoms with Crippen LogP contribution in [-0.4, -0.2) is 40.0 Å². The number of hydrogen-bond donors (Lipinski definition) is 1. The number of fused-ring (bicyclic) bond motifs is 1. The summed E-state index contributed by atoms with van der Waals surface area (Å²) in [4.78, 5) is 31.3. The van der Waals surface area contributed by atoms with Crippen molar-refractivity contribution in [1.29, 1.82) is 0 Å². The van der Waals surface area contributed by atoms with Gasteiger partial charge in [0.05, 0.1) is 23.3 Å². The molecule has 6 nitrogen and oxygen atoms in total. The molecule has 0 saturated heterocycles. The van der Waals surface area contributed by atoms with Crippen molar-refractivity contribution in [3.8, 4) is 0 Å². The SMILES string of the molecule is CCN(CC)C(CNC(=O)Cn1c(=O)cnc2ccccc21)c1ccccc1Cl. The summed E-state index contributed by atoms with van der Waals surface area (Å²) in [7, 11) is 0. The van der Waals surface area contributed by atoms with Crippen LogP contribution >= 0.6 is 11.6 Å². The number of halogens is 1. The van der Waals surface area contributed by atoms with E-state index in [4.69, 9.17) is 11.6 Å². The van der Waals surface area contributed by atoms with Crippen molar-refractivity contribution in [1.82, 2.24) is 19.8 Å². The van der Waals surface area contributed by atoms with Gasteiger partial charge in [-0.25, -0.2) is 4.98 Å². The summed E-state index contributed by atoms with van der Waals surface area (Å²) in [6, 6.07) is 14.9. The summed E-state index contributed by atoms with van der Waals surface area (Å²) in [5, 5.41) is 3.65.